The van der Waals surface area contributed by atoms with Crippen molar-refractivity contribution in [2.24, 2.45) is 0 Å². The third kappa shape index (κ3) is 9.16. The Kier molecular flexibility index (Phi) is 12.0. The highest BCUT2D eigenvalue weighted by molar-refractivity contribution is 5.96. The van der Waals surface area contributed by atoms with Gasteiger partial charge in [0.05, 0.1) is 11.4 Å². The van der Waals surface area contributed by atoms with Crippen LogP contribution in [0.1, 0.15) is 98.8 Å². The van der Waals surface area contributed by atoms with Gasteiger partial charge >= 0.3 is 0 Å². The standard InChI is InChI=1S/C26H38N4O2/c1-3-5-7-9-11-15-29-25(31)21-13-17-27-23(19-21)24-20-22(14-18-28-24)26(32)30-16-12-10-8-6-4-2/h13-14,17-20H,3-12,15-16H2,1-2H3,(H,29,31)(H,30,32). The Labute approximate surface area is 192 Å². The lowest BCUT2D eigenvalue weighted by atomic mass is 10.1. The highest BCUT2D eigenvalue weighted by Gasteiger charge is 2.11. The van der Waals surface area contributed by atoms with Gasteiger partial charge in [-0.3, -0.25) is 19.6 Å². The summed E-state index contributed by atoms with van der Waals surface area (Å²) >= 11 is 0. The SMILES string of the molecule is CCCCCCCNC(=O)c1ccnc(-c2cc(C(=O)NCCCCCCC)ccn2)c1. The molecule has 0 unspecified atom stereocenters. The van der Waals surface area contributed by atoms with Crippen molar-refractivity contribution in [1.82, 2.24) is 20.6 Å². The second kappa shape index (κ2) is 15.1. The van der Waals surface area contributed by atoms with Crippen LogP contribution in [0.4, 0.5) is 0 Å². The number of amides is 2. The van der Waals surface area contributed by atoms with Crippen LogP contribution < -0.4 is 10.6 Å². The third-order valence-electron chi connectivity index (χ3n) is 5.44. The lowest BCUT2D eigenvalue weighted by Crippen LogP contribution is -2.24. The minimum absolute atomic E-state index is 0.110. The first kappa shape index (κ1) is 25.5. The van der Waals surface area contributed by atoms with Gasteiger partial charge < -0.3 is 10.6 Å². The topological polar surface area (TPSA) is 84.0 Å². The molecule has 2 rings (SSSR count). The maximum atomic E-state index is 12.5. The van der Waals surface area contributed by atoms with Crippen LogP contribution in [0.2, 0.25) is 0 Å². The summed E-state index contributed by atoms with van der Waals surface area (Å²) in [5, 5.41) is 5.95. The molecule has 0 saturated heterocycles. The summed E-state index contributed by atoms with van der Waals surface area (Å²) < 4.78 is 0. The van der Waals surface area contributed by atoms with Crippen LogP contribution in [0.3, 0.4) is 0 Å². The molecular weight excluding hydrogens is 400 g/mol. The minimum Gasteiger partial charge on any atom is -0.352 e. The van der Waals surface area contributed by atoms with E-state index in [-0.39, 0.29) is 11.8 Å². The summed E-state index contributed by atoms with van der Waals surface area (Å²) in [6, 6.07) is 6.85. The van der Waals surface area contributed by atoms with Gasteiger partial charge in [-0.25, -0.2) is 0 Å². The Morgan fingerprint density at radius 1 is 0.656 bits per heavy atom. The lowest BCUT2D eigenvalue weighted by Gasteiger charge is -2.08. The molecule has 0 aliphatic rings. The number of nitrogens with zero attached hydrogens (tertiary/aromatic N) is 2. The number of carbonyl (C=O) groups excluding carboxylic acids is 2. The molecule has 0 aliphatic heterocycles. The zero-order valence-electron chi connectivity index (χ0n) is 19.7. The van der Waals surface area contributed by atoms with Gasteiger partial charge in [0.1, 0.15) is 0 Å². The normalized spacial score (nSPS) is 10.7. The van der Waals surface area contributed by atoms with Gasteiger partial charge in [-0.15, -0.1) is 0 Å². The zero-order chi connectivity index (χ0) is 23.0. The van der Waals surface area contributed by atoms with Crippen LogP contribution in [0.25, 0.3) is 11.4 Å². The zero-order valence-corrected chi connectivity index (χ0v) is 19.7. The third-order valence-corrected chi connectivity index (χ3v) is 5.44. The molecule has 0 fully saturated rings. The van der Waals surface area contributed by atoms with E-state index in [0.717, 1.165) is 25.7 Å². The molecule has 2 heterocycles. The molecule has 0 spiro atoms. The van der Waals surface area contributed by atoms with Crippen molar-refractivity contribution < 1.29 is 9.59 Å². The molecule has 6 heteroatoms. The Bertz CT molecular complexity index is 769. The predicted octanol–water partition coefficient (Wildman–Crippen LogP) is 5.54. The fraction of sp³-hybridized carbons (Fsp3) is 0.538. The minimum atomic E-state index is -0.110. The van der Waals surface area contributed by atoms with E-state index in [9.17, 15) is 9.59 Å². The van der Waals surface area contributed by atoms with Crippen LogP contribution in [0.5, 0.6) is 0 Å². The Hall–Kier alpha value is -2.76. The Morgan fingerprint density at radius 2 is 1.06 bits per heavy atom. The fourth-order valence-electron chi connectivity index (χ4n) is 3.49. The van der Waals surface area contributed by atoms with Crippen molar-refractivity contribution >= 4 is 11.8 Å². The highest BCUT2D eigenvalue weighted by atomic mass is 16.2. The average Bonchev–Trinajstić information content (AvgIpc) is 2.83. The van der Waals surface area contributed by atoms with E-state index in [4.69, 9.17) is 0 Å². The summed E-state index contributed by atoms with van der Waals surface area (Å²) in [5.41, 5.74) is 2.25. The van der Waals surface area contributed by atoms with Crippen LogP contribution >= 0.6 is 0 Å². The monoisotopic (exact) mass is 438 g/mol. The highest BCUT2D eigenvalue weighted by Crippen LogP contribution is 2.17. The van der Waals surface area contributed by atoms with Crippen LogP contribution in [0.15, 0.2) is 36.7 Å². The molecule has 0 aliphatic carbocycles. The Morgan fingerprint density at radius 3 is 1.47 bits per heavy atom. The number of carbonyl (C=O) groups is 2. The summed E-state index contributed by atoms with van der Waals surface area (Å²) in [5.74, 6) is -0.220. The first-order chi connectivity index (χ1) is 15.7. The largest absolute Gasteiger partial charge is 0.352 e. The molecule has 2 N–H and O–H groups in total. The second-order valence-corrected chi connectivity index (χ2v) is 8.20. The molecule has 32 heavy (non-hydrogen) atoms. The second-order valence-electron chi connectivity index (χ2n) is 8.20. The van der Waals surface area contributed by atoms with E-state index < -0.39 is 0 Å². The fourth-order valence-corrected chi connectivity index (χ4v) is 3.49. The number of hydrogen-bond donors (Lipinski definition) is 2. The van der Waals surface area contributed by atoms with Gasteiger partial charge in [-0.05, 0) is 37.1 Å². The summed E-state index contributed by atoms with van der Waals surface area (Å²) in [6.45, 7) is 5.73. The van der Waals surface area contributed by atoms with Crippen LogP contribution in [-0.4, -0.2) is 34.9 Å². The number of pyridine rings is 2. The maximum absolute atomic E-state index is 12.5. The first-order valence-corrected chi connectivity index (χ1v) is 12.1. The van der Waals surface area contributed by atoms with E-state index in [0.29, 0.717) is 35.6 Å². The molecule has 174 valence electrons. The predicted molar refractivity (Wildman–Crippen MR) is 130 cm³/mol. The van der Waals surface area contributed by atoms with Crippen molar-refractivity contribution in [3.63, 3.8) is 0 Å². The molecule has 0 bridgehead atoms. The number of rotatable bonds is 15. The first-order valence-electron chi connectivity index (χ1n) is 12.1. The number of nitrogens with one attached hydrogen (secondary N) is 2. The maximum Gasteiger partial charge on any atom is 0.251 e. The van der Waals surface area contributed by atoms with Gasteiger partial charge in [0.25, 0.3) is 11.8 Å². The molecule has 0 radical (unpaired) electrons. The van der Waals surface area contributed by atoms with Crippen LogP contribution in [-0.2, 0) is 0 Å². The number of hydrogen-bond acceptors (Lipinski definition) is 4. The smallest absolute Gasteiger partial charge is 0.251 e. The van der Waals surface area contributed by atoms with Crippen molar-refractivity contribution in [2.45, 2.75) is 78.1 Å². The quantitative estimate of drug-likeness (QED) is 0.357. The summed E-state index contributed by atoms with van der Waals surface area (Å²) in [7, 11) is 0. The van der Waals surface area contributed by atoms with E-state index in [1.807, 2.05) is 0 Å². The van der Waals surface area contributed by atoms with Crippen molar-refractivity contribution in [2.75, 3.05) is 13.1 Å². The van der Waals surface area contributed by atoms with Gasteiger partial charge in [-0.1, -0.05) is 65.2 Å². The molecule has 0 aromatic carbocycles. The molecule has 0 saturated carbocycles. The van der Waals surface area contributed by atoms with E-state index in [2.05, 4.69) is 34.4 Å². The molecule has 2 amide bonds. The van der Waals surface area contributed by atoms with Crippen molar-refractivity contribution in [1.29, 1.82) is 0 Å². The van der Waals surface area contributed by atoms with Gasteiger partial charge in [0.15, 0.2) is 0 Å². The van der Waals surface area contributed by atoms with E-state index in [1.54, 1.807) is 36.7 Å². The van der Waals surface area contributed by atoms with Gasteiger partial charge in [-0.2, -0.15) is 0 Å². The van der Waals surface area contributed by atoms with Crippen molar-refractivity contribution in [3.8, 4) is 11.4 Å². The molecule has 2 aromatic rings. The Balaban J connectivity index is 1.90. The van der Waals surface area contributed by atoms with Crippen molar-refractivity contribution in [3.05, 3.63) is 47.8 Å². The number of unbranched alkanes of at least 4 members (excludes halogenated alkanes) is 8. The van der Waals surface area contributed by atoms with E-state index in [1.165, 1.54) is 38.5 Å². The van der Waals surface area contributed by atoms with Gasteiger partial charge in [0.2, 0.25) is 0 Å². The lowest BCUT2D eigenvalue weighted by molar-refractivity contribution is 0.0944. The van der Waals surface area contributed by atoms with Gasteiger partial charge in [0, 0.05) is 36.6 Å². The molecule has 6 nitrogen and oxygen atoms in total. The summed E-state index contributed by atoms with van der Waals surface area (Å²) in [4.78, 5) is 33.7. The van der Waals surface area contributed by atoms with E-state index >= 15 is 0 Å². The molecular formula is C26H38N4O2. The average molecular weight is 439 g/mol. The number of aromatic nitrogens is 2. The molecule has 0 atom stereocenters. The summed E-state index contributed by atoms with van der Waals surface area (Å²) in [6.07, 6.45) is 14.8. The molecule has 2 aromatic heterocycles. The van der Waals surface area contributed by atoms with Crippen LogP contribution in [0, 0.1) is 0 Å².